The molecule has 4 aromatic rings. The summed E-state index contributed by atoms with van der Waals surface area (Å²) in [5, 5.41) is 10.4. The molecule has 4 rings (SSSR count). The number of hydrogen-bond acceptors (Lipinski definition) is 4. The smallest absolute Gasteiger partial charge is 0.243 e. The summed E-state index contributed by atoms with van der Waals surface area (Å²) in [5.41, 5.74) is 7.16. The number of aryl methyl sites for hydroxylation is 1. The van der Waals surface area contributed by atoms with Crippen LogP contribution in [0.15, 0.2) is 97.1 Å². The van der Waals surface area contributed by atoms with Crippen LogP contribution in [0.2, 0.25) is 0 Å². The molecule has 0 spiro atoms. The molecule has 42 heavy (non-hydrogen) atoms. The summed E-state index contributed by atoms with van der Waals surface area (Å²) in [6.07, 6.45) is 0.995. The van der Waals surface area contributed by atoms with Crippen LogP contribution >= 0.6 is 0 Å². The van der Waals surface area contributed by atoms with E-state index in [1.54, 1.807) is 12.1 Å². The Hall–Kier alpha value is -5.05. The second-order valence-electron chi connectivity index (χ2n) is 9.68. The summed E-state index contributed by atoms with van der Waals surface area (Å²) >= 11 is 0. The molecule has 8 nitrogen and oxygen atoms in total. The molecule has 0 bridgehead atoms. The van der Waals surface area contributed by atoms with E-state index in [1.165, 1.54) is 19.1 Å². The van der Waals surface area contributed by atoms with Gasteiger partial charge in [-0.25, -0.2) is 4.39 Å². The lowest BCUT2D eigenvalue weighted by Gasteiger charge is -2.19. The van der Waals surface area contributed by atoms with E-state index in [0.29, 0.717) is 12.0 Å². The fourth-order valence-corrected chi connectivity index (χ4v) is 4.23. The molecule has 0 radical (unpaired) electrons. The van der Waals surface area contributed by atoms with Gasteiger partial charge < -0.3 is 21.7 Å². The van der Waals surface area contributed by atoms with Gasteiger partial charge in [0.2, 0.25) is 23.6 Å². The number of fused-ring (bicyclic) bond motifs is 1. The molecule has 4 amide bonds. The number of primary amides is 1. The molecule has 218 valence electrons. The van der Waals surface area contributed by atoms with Crippen LogP contribution in [0.4, 0.5) is 4.39 Å². The maximum atomic E-state index is 13.4. The number of halogens is 1. The fraction of sp³-hybridized carbons (Fsp3) is 0.212. The first-order valence-corrected chi connectivity index (χ1v) is 13.6. The largest absolute Gasteiger partial charge is 0.370 e. The average Bonchev–Trinajstić information content (AvgIpc) is 2.98. The number of carbonyl (C=O) groups excluding carboxylic acids is 4. The molecular formula is C33H35FN4O4. The highest BCUT2D eigenvalue weighted by Gasteiger charge is 2.22. The van der Waals surface area contributed by atoms with Gasteiger partial charge in [-0.1, -0.05) is 84.9 Å². The molecule has 0 saturated carbocycles. The van der Waals surface area contributed by atoms with Gasteiger partial charge in [0.15, 0.2) is 0 Å². The van der Waals surface area contributed by atoms with E-state index in [1.807, 2.05) is 72.8 Å². The van der Waals surface area contributed by atoms with Crippen molar-refractivity contribution in [3.63, 3.8) is 0 Å². The Kier molecular flexibility index (Phi) is 12.2. The van der Waals surface area contributed by atoms with Crippen LogP contribution in [-0.2, 0) is 38.6 Å². The van der Waals surface area contributed by atoms with Crippen LogP contribution in [-0.4, -0.2) is 36.2 Å². The third-order valence-electron chi connectivity index (χ3n) is 6.27. The maximum absolute atomic E-state index is 13.4. The minimum atomic E-state index is -0.899. The summed E-state index contributed by atoms with van der Waals surface area (Å²) in [6.45, 7) is 1.34. The van der Waals surface area contributed by atoms with Crippen LogP contribution in [0.1, 0.15) is 30.0 Å². The minimum Gasteiger partial charge on any atom is -0.370 e. The first-order chi connectivity index (χ1) is 20.2. The Balaban J connectivity index is 0.00000114. The number of nitrogens with one attached hydrogen (secondary N) is 3. The molecule has 9 heteroatoms. The monoisotopic (exact) mass is 570 g/mol. The van der Waals surface area contributed by atoms with E-state index in [-0.39, 0.29) is 49.5 Å². The van der Waals surface area contributed by atoms with Crippen molar-refractivity contribution in [1.82, 2.24) is 16.0 Å². The molecule has 0 aliphatic rings. The molecule has 0 fully saturated rings. The molecule has 0 saturated heterocycles. The molecule has 5 N–H and O–H groups in total. The number of benzene rings is 4. The normalized spacial score (nSPS) is 11.0. The number of amides is 4. The van der Waals surface area contributed by atoms with Gasteiger partial charge >= 0.3 is 0 Å². The second kappa shape index (κ2) is 16.3. The third-order valence-corrected chi connectivity index (χ3v) is 6.27. The predicted octanol–water partition coefficient (Wildman–Crippen LogP) is 3.56. The topological polar surface area (TPSA) is 130 Å². The van der Waals surface area contributed by atoms with Crippen molar-refractivity contribution >= 4 is 34.4 Å². The highest BCUT2D eigenvalue weighted by Crippen LogP contribution is 2.18. The molecule has 0 unspecified atom stereocenters. The number of nitrogens with two attached hydrogens (primary N) is 1. The van der Waals surface area contributed by atoms with Crippen LogP contribution in [0, 0.1) is 5.82 Å². The highest BCUT2D eigenvalue weighted by molar-refractivity contribution is 5.91. The van der Waals surface area contributed by atoms with Crippen LogP contribution in [0.5, 0.6) is 0 Å². The lowest BCUT2D eigenvalue weighted by Crippen LogP contribution is -2.50. The Morgan fingerprint density at radius 3 is 2.12 bits per heavy atom. The summed E-state index contributed by atoms with van der Waals surface area (Å²) in [5.74, 6) is -1.82. The van der Waals surface area contributed by atoms with Crippen molar-refractivity contribution in [3.05, 3.63) is 120 Å². The fourth-order valence-electron chi connectivity index (χ4n) is 4.23. The first kappa shape index (κ1) is 31.5. The van der Waals surface area contributed by atoms with Gasteiger partial charge in [-0.3, -0.25) is 19.2 Å². The summed E-state index contributed by atoms with van der Waals surface area (Å²) in [7, 11) is 0. The van der Waals surface area contributed by atoms with Crippen molar-refractivity contribution < 1.29 is 23.6 Å². The summed E-state index contributed by atoms with van der Waals surface area (Å²) in [4.78, 5) is 47.3. The number of hydrogen-bond donors (Lipinski definition) is 4. The lowest BCUT2D eigenvalue weighted by molar-refractivity contribution is -0.129. The molecule has 0 heterocycles. The van der Waals surface area contributed by atoms with Gasteiger partial charge in [0.25, 0.3) is 0 Å². The second-order valence-corrected chi connectivity index (χ2v) is 9.68. The molecule has 0 aromatic heterocycles. The van der Waals surface area contributed by atoms with Crippen molar-refractivity contribution in [2.45, 2.75) is 38.8 Å². The maximum Gasteiger partial charge on any atom is 0.243 e. The van der Waals surface area contributed by atoms with Crippen LogP contribution in [0.3, 0.4) is 0 Å². The van der Waals surface area contributed by atoms with Gasteiger partial charge in [0.05, 0.1) is 6.54 Å². The van der Waals surface area contributed by atoms with Crippen molar-refractivity contribution in [2.75, 3.05) is 6.54 Å². The highest BCUT2D eigenvalue weighted by atomic mass is 19.1. The molecule has 4 aromatic carbocycles. The van der Waals surface area contributed by atoms with Crippen LogP contribution < -0.4 is 21.7 Å². The van der Waals surface area contributed by atoms with E-state index >= 15 is 0 Å². The molecular weight excluding hydrogens is 535 g/mol. The van der Waals surface area contributed by atoms with Crippen molar-refractivity contribution in [2.24, 2.45) is 5.73 Å². The van der Waals surface area contributed by atoms with Gasteiger partial charge in [0, 0.05) is 26.3 Å². The van der Waals surface area contributed by atoms with Crippen LogP contribution in [0.25, 0.3) is 10.8 Å². The summed E-state index contributed by atoms with van der Waals surface area (Å²) in [6, 6.07) is 28.3. The Morgan fingerprint density at radius 2 is 1.40 bits per heavy atom. The quantitative estimate of drug-likeness (QED) is 0.220. The Bertz CT molecular complexity index is 1480. The molecule has 0 aliphatic heterocycles. The molecule has 1 atom stereocenters. The number of rotatable bonds is 11. The third kappa shape index (κ3) is 10.8. The zero-order valence-corrected chi connectivity index (χ0v) is 23.4. The predicted molar refractivity (Wildman–Crippen MR) is 160 cm³/mol. The van der Waals surface area contributed by atoms with E-state index in [9.17, 15) is 23.6 Å². The van der Waals surface area contributed by atoms with Gasteiger partial charge in [-0.15, -0.1) is 0 Å². The van der Waals surface area contributed by atoms with Gasteiger partial charge in [0.1, 0.15) is 11.9 Å². The minimum absolute atomic E-state index is 0.176. The zero-order valence-electron chi connectivity index (χ0n) is 23.4. The van der Waals surface area contributed by atoms with Gasteiger partial charge in [-0.2, -0.15) is 0 Å². The van der Waals surface area contributed by atoms with Crippen molar-refractivity contribution in [3.8, 4) is 0 Å². The zero-order chi connectivity index (χ0) is 30.3. The summed E-state index contributed by atoms with van der Waals surface area (Å²) < 4.78 is 13.4. The van der Waals surface area contributed by atoms with E-state index in [0.717, 1.165) is 21.9 Å². The van der Waals surface area contributed by atoms with E-state index < -0.39 is 11.9 Å². The lowest BCUT2D eigenvalue weighted by atomic mass is 10.0. The SMILES string of the molecule is CC(N)=O.O=C(CCc1ccccc1)NCC(=O)N[C@@H](Cc1ccc(F)cc1)C(=O)NCc1cccc2ccccc12. The van der Waals surface area contributed by atoms with E-state index in [2.05, 4.69) is 21.7 Å². The average molecular weight is 571 g/mol. The van der Waals surface area contributed by atoms with Crippen molar-refractivity contribution in [1.29, 1.82) is 0 Å². The Labute approximate surface area is 244 Å². The standard InChI is InChI=1S/C31H30FN3O3.C2H5NO/c32-26-16-13-23(14-17-26)19-28(31(38)34-20-25-11-6-10-24-9-4-5-12-27(24)25)35-30(37)21-33-29(36)18-15-22-7-2-1-3-8-22;1-2(3)4/h1-14,16-17,28H,15,18-21H2,(H,33,36)(H,34,38)(H,35,37);1H3,(H2,3,4)/t28-;/m0./s1. The Morgan fingerprint density at radius 1 is 0.762 bits per heavy atom. The number of carbonyl (C=O) groups is 4. The first-order valence-electron chi connectivity index (χ1n) is 13.6. The van der Waals surface area contributed by atoms with E-state index in [4.69, 9.17) is 0 Å². The van der Waals surface area contributed by atoms with Gasteiger partial charge in [-0.05, 0) is 46.0 Å². The molecule has 0 aliphatic carbocycles.